The van der Waals surface area contributed by atoms with E-state index in [1.165, 1.54) is 37.7 Å². The van der Waals surface area contributed by atoms with Gasteiger partial charge in [0, 0.05) is 19.3 Å². The zero-order chi connectivity index (χ0) is 15.9. The van der Waals surface area contributed by atoms with E-state index in [0.717, 1.165) is 6.54 Å². The van der Waals surface area contributed by atoms with Crippen molar-refractivity contribution in [1.29, 1.82) is 0 Å². The first-order valence-corrected chi connectivity index (χ1v) is 8.57. The quantitative estimate of drug-likeness (QED) is 0.825. The van der Waals surface area contributed by atoms with Crippen LogP contribution in [0.25, 0.3) is 0 Å². The second-order valence-electron chi connectivity index (χ2n) is 6.39. The molecule has 0 saturated heterocycles. The van der Waals surface area contributed by atoms with E-state index in [2.05, 4.69) is 17.1 Å². The topological polar surface area (TPSA) is 33.2 Å². The summed E-state index contributed by atoms with van der Waals surface area (Å²) < 4.78 is 0. The van der Waals surface area contributed by atoms with Crippen molar-refractivity contribution in [3.63, 3.8) is 0 Å². The number of amides is 1. The molecule has 0 aliphatic heterocycles. The van der Waals surface area contributed by atoms with Crippen molar-refractivity contribution in [2.75, 3.05) is 6.54 Å². The molecule has 3 rings (SSSR count). The molecule has 1 saturated carbocycles. The van der Waals surface area contributed by atoms with Crippen LogP contribution < -0.4 is 0 Å². The van der Waals surface area contributed by atoms with Gasteiger partial charge in [0.15, 0.2) is 0 Å². The Bertz CT molecular complexity index is 606. The van der Waals surface area contributed by atoms with Crippen molar-refractivity contribution >= 4 is 5.91 Å². The molecule has 0 unspecified atom stereocenters. The number of hydrogen-bond donors (Lipinski definition) is 0. The molecule has 23 heavy (non-hydrogen) atoms. The van der Waals surface area contributed by atoms with Crippen molar-refractivity contribution < 1.29 is 4.79 Å². The number of aromatic nitrogens is 1. The van der Waals surface area contributed by atoms with E-state index in [4.69, 9.17) is 0 Å². The summed E-state index contributed by atoms with van der Waals surface area (Å²) in [5, 5.41) is 0. The van der Waals surface area contributed by atoms with Crippen LogP contribution in [0, 0.1) is 5.92 Å². The highest BCUT2D eigenvalue weighted by Crippen LogP contribution is 2.25. The SMILES string of the molecule is O=C(c1ccccn1)N(Cc1ccccc1)CC1CCCCC1. The van der Waals surface area contributed by atoms with Crippen LogP contribution in [0.4, 0.5) is 0 Å². The number of pyridine rings is 1. The smallest absolute Gasteiger partial charge is 0.272 e. The fourth-order valence-electron chi connectivity index (χ4n) is 3.36. The Labute approximate surface area is 138 Å². The molecule has 120 valence electrons. The maximum atomic E-state index is 12.9. The largest absolute Gasteiger partial charge is 0.333 e. The number of carbonyl (C=O) groups excluding carboxylic acids is 1. The van der Waals surface area contributed by atoms with E-state index in [0.29, 0.717) is 18.2 Å². The van der Waals surface area contributed by atoms with Gasteiger partial charge in [0.2, 0.25) is 0 Å². The highest BCUT2D eigenvalue weighted by molar-refractivity contribution is 5.92. The van der Waals surface area contributed by atoms with E-state index in [-0.39, 0.29) is 5.91 Å². The van der Waals surface area contributed by atoms with Crippen molar-refractivity contribution in [2.24, 2.45) is 5.92 Å². The highest BCUT2D eigenvalue weighted by Gasteiger charge is 2.22. The summed E-state index contributed by atoms with van der Waals surface area (Å²) in [4.78, 5) is 19.1. The van der Waals surface area contributed by atoms with Crippen molar-refractivity contribution in [3.05, 3.63) is 66.0 Å². The number of benzene rings is 1. The summed E-state index contributed by atoms with van der Waals surface area (Å²) in [5.41, 5.74) is 1.71. The van der Waals surface area contributed by atoms with Crippen LogP contribution in [0.3, 0.4) is 0 Å². The van der Waals surface area contributed by atoms with Gasteiger partial charge in [0.25, 0.3) is 5.91 Å². The van der Waals surface area contributed by atoms with Crippen LogP contribution >= 0.6 is 0 Å². The normalized spacial score (nSPS) is 15.3. The third-order valence-electron chi connectivity index (χ3n) is 4.59. The number of nitrogens with zero attached hydrogens (tertiary/aromatic N) is 2. The summed E-state index contributed by atoms with van der Waals surface area (Å²) in [6.07, 6.45) is 8.09. The maximum absolute atomic E-state index is 12.9. The summed E-state index contributed by atoms with van der Waals surface area (Å²) in [5.74, 6) is 0.667. The third-order valence-corrected chi connectivity index (χ3v) is 4.59. The summed E-state index contributed by atoms with van der Waals surface area (Å²) in [6, 6.07) is 15.8. The van der Waals surface area contributed by atoms with Crippen LogP contribution in [-0.2, 0) is 6.54 Å². The molecule has 1 heterocycles. The third kappa shape index (κ3) is 4.41. The van der Waals surface area contributed by atoms with Crippen molar-refractivity contribution in [3.8, 4) is 0 Å². The minimum absolute atomic E-state index is 0.0417. The molecule has 1 aliphatic rings. The zero-order valence-corrected chi connectivity index (χ0v) is 13.5. The Morgan fingerprint density at radius 2 is 1.74 bits per heavy atom. The fraction of sp³-hybridized carbons (Fsp3) is 0.400. The summed E-state index contributed by atoms with van der Waals surface area (Å²) in [6.45, 7) is 1.50. The van der Waals surface area contributed by atoms with Crippen molar-refractivity contribution in [2.45, 2.75) is 38.6 Å². The molecule has 0 bridgehead atoms. The lowest BCUT2D eigenvalue weighted by Gasteiger charge is -2.29. The molecule has 3 nitrogen and oxygen atoms in total. The molecule has 0 atom stereocenters. The minimum atomic E-state index is 0.0417. The van der Waals surface area contributed by atoms with E-state index < -0.39 is 0 Å². The van der Waals surface area contributed by atoms with E-state index in [1.54, 1.807) is 12.3 Å². The predicted octanol–water partition coefficient (Wildman–Crippen LogP) is 4.30. The van der Waals surface area contributed by atoms with E-state index in [9.17, 15) is 4.79 Å². The van der Waals surface area contributed by atoms with Gasteiger partial charge in [0.05, 0.1) is 0 Å². The fourth-order valence-corrected chi connectivity index (χ4v) is 3.36. The van der Waals surface area contributed by atoms with Gasteiger partial charge in [-0.15, -0.1) is 0 Å². The molecular weight excluding hydrogens is 284 g/mol. The van der Waals surface area contributed by atoms with Gasteiger partial charge in [-0.3, -0.25) is 9.78 Å². The van der Waals surface area contributed by atoms with E-state index >= 15 is 0 Å². The Hall–Kier alpha value is -2.16. The van der Waals surface area contributed by atoms with Gasteiger partial charge in [-0.25, -0.2) is 0 Å². The molecule has 2 aromatic rings. The molecule has 0 spiro atoms. The number of rotatable bonds is 5. The summed E-state index contributed by atoms with van der Waals surface area (Å²) >= 11 is 0. The number of hydrogen-bond acceptors (Lipinski definition) is 2. The average molecular weight is 308 g/mol. The van der Waals surface area contributed by atoms with Gasteiger partial charge >= 0.3 is 0 Å². The number of carbonyl (C=O) groups is 1. The van der Waals surface area contributed by atoms with Crippen LogP contribution in [-0.4, -0.2) is 22.3 Å². The van der Waals surface area contributed by atoms with Gasteiger partial charge < -0.3 is 4.90 Å². The van der Waals surface area contributed by atoms with Crippen LogP contribution in [0.5, 0.6) is 0 Å². The van der Waals surface area contributed by atoms with Crippen LogP contribution in [0.2, 0.25) is 0 Å². The minimum Gasteiger partial charge on any atom is -0.333 e. The lowest BCUT2D eigenvalue weighted by Crippen LogP contribution is -2.36. The van der Waals surface area contributed by atoms with Crippen LogP contribution in [0.1, 0.15) is 48.2 Å². The second kappa shape index (κ2) is 7.91. The highest BCUT2D eigenvalue weighted by atomic mass is 16.2. The van der Waals surface area contributed by atoms with Gasteiger partial charge in [0.1, 0.15) is 5.69 Å². The summed E-state index contributed by atoms with van der Waals surface area (Å²) in [7, 11) is 0. The van der Waals surface area contributed by atoms with Crippen molar-refractivity contribution in [1.82, 2.24) is 9.88 Å². The maximum Gasteiger partial charge on any atom is 0.272 e. The van der Waals surface area contributed by atoms with E-state index in [1.807, 2.05) is 35.2 Å². The lowest BCUT2D eigenvalue weighted by molar-refractivity contribution is 0.0693. The Kier molecular flexibility index (Phi) is 5.41. The average Bonchev–Trinajstić information content (AvgIpc) is 2.63. The monoisotopic (exact) mass is 308 g/mol. The molecule has 3 heteroatoms. The molecule has 1 aliphatic carbocycles. The molecule has 1 fully saturated rings. The molecule has 1 aromatic carbocycles. The molecular formula is C20H24N2O. The Morgan fingerprint density at radius 3 is 2.43 bits per heavy atom. The second-order valence-corrected chi connectivity index (χ2v) is 6.39. The zero-order valence-electron chi connectivity index (χ0n) is 13.5. The van der Waals surface area contributed by atoms with Gasteiger partial charge in [-0.05, 0) is 36.5 Å². The van der Waals surface area contributed by atoms with Gasteiger partial charge in [-0.2, -0.15) is 0 Å². The standard InChI is InChI=1S/C20H24N2O/c23-20(19-13-7-8-14-21-19)22(15-17-9-3-1-4-10-17)16-18-11-5-2-6-12-18/h1,3-4,7-10,13-14,18H,2,5-6,11-12,15-16H2. The molecule has 1 amide bonds. The Balaban J connectivity index is 1.76. The molecule has 0 radical (unpaired) electrons. The predicted molar refractivity (Wildman–Crippen MR) is 92.0 cm³/mol. The first-order chi connectivity index (χ1) is 11.3. The van der Waals surface area contributed by atoms with Crippen LogP contribution in [0.15, 0.2) is 54.7 Å². The first-order valence-electron chi connectivity index (χ1n) is 8.57. The lowest BCUT2D eigenvalue weighted by atomic mass is 9.89. The van der Waals surface area contributed by atoms with Gasteiger partial charge in [-0.1, -0.05) is 55.7 Å². The first kappa shape index (κ1) is 15.7. The molecule has 0 N–H and O–H groups in total. The molecule has 1 aromatic heterocycles. The Morgan fingerprint density at radius 1 is 1.00 bits per heavy atom.